The van der Waals surface area contributed by atoms with Crippen molar-refractivity contribution in [3.05, 3.63) is 53.8 Å². The Morgan fingerprint density at radius 1 is 1.24 bits per heavy atom. The van der Waals surface area contributed by atoms with E-state index in [4.69, 9.17) is 4.74 Å². The molecule has 0 saturated heterocycles. The maximum absolute atomic E-state index is 13.4. The molecule has 0 bridgehead atoms. The van der Waals surface area contributed by atoms with Gasteiger partial charge in [-0.25, -0.2) is 12.8 Å². The fourth-order valence-electron chi connectivity index (χ4n) is 3.72. The Balaban J connectivity index is 2.09. The summed E-state index contributed by atoms with van der Waals surface area (Å²) in [6, 6.07) is 8.69. The molecule has 180 valence electrons. The van der Waals surface area contributed by atoms with E-state index in [1.807, 2.05) is 25.9 Å². The molecule has 3 atom stereocenters. The fraction of sp³-hybridized carbons (Fsp3) is 0.435. The van der Waals surface area contributed by atoms with E-state index in [-0.39, 0.29) is 46.4 Å². The first-order valence-electron chi connectivity index (χ1n) is 10.7. The largest absolute Gasteiger partial charge is 0.486 e. The summed E-state index contributed by atoms with van der Waals surface area (Å²) in [4.78, 5) is 16.8. The van der Waals surface area contributed by atoms with Crippen molar-refractivity contribution in [2.24, 2.45) is 5.92 Å². The molecule has 2 N–H and O–H groups in total. The third-order valence-corrected chi connectivity index (χ3v) is 6.99. The molecule has 0 aliphatic carbocycles. The van der Waals surface area contributed by atoms with Gasteiger partial charge >= 0.3 is 0 Å². The zero-order chi connectivity index (χ0) is 24.3. The van der Waals surface area contributed by atoms with Gasteiger partial charge in [-0.1, -0.05) is 13.0 Å². The highest BCUT2D eigenvalue weighted by Gasteiger charge is 2.34. The first-order chi connectivity index (χ1) is 15.5. The summed E-state index contributed by atoms with van der Waals surface area (Å²) in [5.74, 6) is -0.877. The monoisotopic (exact) mass is 479 g/mol. The molecule has 0 aromatic heterocycles. The van der Waals surface area contributed by atoms with Crippen LogP contribution in [0, 0.1) is 11.7 Å². The molecule has 1 aliphatic rings. The second kappa shape index (κ2) is 10.1. The van der Waals surface area contributed by atoms with Crippen LogP contribution in [-0.4, -0.2) is 75.2 Å². The number of aliphatic hydroxyl groups is 1. The van der Waals surface area contributed by atoms with Crippen LogP contribution in [0.2, 0.25) is 0 Å². The first kappa shape index (κ1) is 24.9. The Morgan fingerprint density at radius 2 is 1.91 bits per heavy atom. The molecule has 10 heteroatoms. The zero-order valence-corrected chi connectivity index (χ0v) is 20.0. The Hall–Kier alpha value is -2.69. The van der Waals surface area contributed by atoms with E-state index in [9.17, 15) is 22.7 Å². The summed E-state index contributed by atoms with van der Waals surface area (Å²) < 4.78 is 47.9. The second-order valence-electron chi connectivity index (χ2n) is 8.63. The van der Waals surface area contributed by atoms with Crippen LogP contribution in [0.3, 0.4) is 0 Å². The number of fused-ring (bicyclic) bond motifs is 1. The van der Waals surface area contributed by atoms with Gasteiger partial charge in [-0.15, -0.1) is 0 Å². The minimum Gasteiger partial charge on any atom is -0.486 e. The predicted octanol–water partition coefficient (Wildman–Crippen LogP) is 2.41. The first-order valence-corrected chi connectivity index (χ1v) is 12.2. The third kappa shape index (κ3) is 5.63. The van der Waals surface area contributed by atoms with Gasteiger partial charge in [0.05, 0.1) is 28.8 Å². The van der Waals surface area contributed by atoms with Crippen molar-refractivity contribution in [1.82, 2.24) is 9.80 Å². The molecule has 8 nitrogen and oxygen atoms in total. The molecule has 2 aromatic rings. The van der Waals surface area contributed by atoms with Gasteiger partial charge in [0.1, 0.15) is 11.9 Å². The van der Waals surface area contributed by atoms with Gasteiger partial charge in [0.2, 0.25) is 0 Å². The predicted molar refractivity (Wildman–Crippen MR) is 123 cm³/mol. The maximum Gasteiger partial charge on any atom is 0.262 e. The number of anilines is 1. The third-order valence-electron chi connectivity index (χ3n) is 5.60. The molecule has 1 amide bonds. The molecule has 1 heterocycles. The van der Waals surface area contributed by atoms with E-state index in [2.05, 4.69) is 4.72 Å². The number of carbonyl (C=O) groups is 1. The molecule has 0 spiro atoms. The van der Waals surface area contributed by atoms with Gasteiger partial charge in [-0.05, 0) is 57.4 Å². The van der Waals surface area contributed by atoms with Gasteiger partial charge in [-0.2, -0.15) is 0 Å². The summed E-state index contributed by atoms with van der Waals surface area (Å²) in [5.41, 5.74) is 0.310. The van der Waals surface area contributed by atoms with Gasteiger partial charge in [0.15, 0.2) is 5.75 Å². The maximum atomic E-state index is 13.4. The normalized spacial score (nSPS) is 20.0. The number of likely N-dealkylation sites (N-methyl/N-ethyl adjacent to an activating group) is 1. The lowest BCUT2D eigenvalue weighted by Crippen LogP contribution is -2.49. The standard InChI is InChI=1S/C23H30FN3O5S/c1-15-12-27(16(2)14-28)23(29)19-6-5-7-20(22(19)32-21(15)13-26(3)4)25-33(30,31)18-10-8-17(24)9-11-18/h5-11,15-16,21,25,28H,12-14H2,1-4H3/t15-,16-,21-/m1/s1. The number of para-hydroxylation sites is 1. The van der Waals surface area contributed by atoms with E-state index >= 15 is 0 Å². The number of ether oxygens (including phenoxy) is 1. The summed E-state index contributed by atoms with van der Waals surface area (Å²) in [6.07, 6.45) is -0.350. The highest BCUT2D eigenvalue weighted by Crippen LogP contribution is 2.36. The minimum absolute atomic E-state index is 0.0970. The SMILES string of the molecule is C[C@@H]1CN([C@H](C)CO)C(=O)c2cccc(NS(=O)(=O)c3ccc(F)cc3)c2O[C@@H]1CN(C)C. The van der Waals surface area contributed by atoms with Crippen molar-refractivity contribution in [3.63, 3.8) is 0 Å². The van der Waals surface area contributed by atoms with Crippen LogP contribution in [0.1, 0.15) is 24.2 Å². The van der Waals surface area contributed by atoms with Crippen LogP contribution in [0.4, 0.5) is 10.1 Å². The summed E-state index contributed by atoms with van der Waals surface area (Å²) >= 11 is 0. The molecule has 3 rings (SSSR count). The minimum atomic E-state index is -4.06. The van der Waals surface area contributed by atoms with Crippen LogP contribution < -0.4 is 9.46 Å². The van der Waals surface area contributed by atoms with E-state index in [0.29, 0.717) is 13.1 Å². The van der Waals surface area contributed by atoms with Gasteiger partial charge < -0.3 is 19.6 Å². The van der Waals surface area contributed by atoms with Gasteiger partial charge in [0.25, 0.3) is 15.9 Å². The second-order valence-corrected chi connectivity index (χ2v) is 10.3. The quantitative estimate of drug-likeness (QED) is 0.633. The number of sulfonamides is 1. The van der Waals surface area contributed by atoms with Crippen LogP contribution >= 0.6 is 0 Å². The van der Waals surface area contributed by atoms with Gasteiger partial charge in [-0.3, -0.25) is 9.52 Å². The number of hydrogen-bond acceptors (Lipinski definition) is 6. The Morgan fingerprint density at radius 3 is 2.52 bits per heavy atom. The molecule has 33 heavy (non-hydrogen) atoms. The van der Waals surface area contributed by atoms with Crippen LogP contribution in [0.15, 0.2) is 47.4 Å². The molecule has 0 fully saturated rings. The molecular formula is C23H30FN3O5S. The van der Waals surface area contributed by atoms with Crippen molar-refractivity contribution >= 4 is 21.6 Å². The molecule has 0 saturated carbocycles. The number of carbonyl (C=O) groups excluding carboxylic acids is 1. The number of amides is 1. The lowest BCUT2D eigenvalue weighted by atomic mass is 9.99. The number of aliphatic hydroxyl groups excluding tert-OH is 1. The Bertz CT molecular complexity index is 1090. The summed E-state index contributed by atoms with van der Waals surface area (Å²) in [6.45, 7) is 4.42. The summed E-state index contributed by atoms with van der Waals surface area (Å²) in [7, 11) is -0.261. The average molecular weight is 480 g/mol. The van der Waals surface area contributed by atoms with Crippen LogP contribution in [-0.2, 0) is 10.0 Å². The molecular weight excluding hydrogens is 449 g/mol. The zero-order valence-electron chi connectivity index (χ0n) is 19.2. The number of nitrogens with one attached hydrogen (secondary N) is 1. The molecule has 0 radical (unpaired) electrons. The summed E-state index contributed by atoms with van der Waals surface area (Å²) in [5, 5.41) is 9.71. The van der Waals surface area contributed by atoms with Gasteiger partial charge in [0, 0.05) is 19.0 Å². The van der Waals surface area contributed by atoms with E-state index in [0.717, 1.165) is 24.3 Å². The highest BCUT2D eigenvalue weighted by molar-refractivity contribution is 7.92. The van der Waals surface area contributed by atoms with Crippen LogP contribution in [0.25, 0.3) is 0 Å². The smallest absolute Gasteiger partial charge is 0.262 e. The number of halogens is 1. The highest BCUT2D eigenvalue weighted by atomic mass is 32.2. The average Bonchev–Trinajstić information content (AvgIpc) is 2.76. The number of nitrogens with zero attached hydrogens (tertiary/aromatic N) is 2. The number of hydrogen-bond donors (Lipinski definition) is 2. The molecule has 0 unspecified atom stereocenters. The van der Waals surface area contributed by atoms with Crippen molar-refractivity contribution in [2.75, 3.05) is 38.5 Å². The van der Waals surface area contributed by atoms with E-state index in [1.165, 1.54) is 6.07 Å². The van der Waals surface area contributed by atoms with Crippen molar-refractivity contribution in [3.8, 4) is 5.75 Å². The molecule has 1 aliphatic heterocycles. The van der Waals surface area contributed by atoms with E-state index < -0.39 is 21.9 Å². The Labute approximate surface area is 194 Å². The lowest BCUT2D eigenvalue weighted by Gasteiger charge is -2.38. The number of benzene rings is 2. The van der Waals surface area contributed by atoms with Crippen LogP contribution in [0.5, 0.6) is 5.75 Å². The van der Waals surface area contributed by atoms with Crippen molar-refractivity contribution in [1.29, 1.82) is 0 Å². The number of rotatable bonds is 7. The van der Waals surface area contributed by atoms with Crippen molar-refractivity contribution < 1.29 is 27.4 Å². The topological polar surface area (TPSA) is 99.2 Å². The molecule has 2 aromatic carbocycles. The Kier molecular flexibility index (Phi) is 7.61. The fourth-order valence-corrected chi connectivity index (χ4v) is 4.78. The lowest BCUT2D eigenvalue weighted by molar-refractivity contribution is 0.0366. The van der Waals surface area contributed by atoms with Crippen molar-refractivity contribution in [2.45, 2.75) is 30.9 Å². The van der Waals surface area contributed by atoms with E-state index in [1.54, 1.807) is 24.0 Å².